The van der Waals surface area contributed by atoms with Gasteiger partial charge in [-0.15, -0.1) is 0 Å². The van der Waals surface area contributed by atoms with Crippen LogP contribution in [0, 0.1) is 5.82 Å². The fraction of sp³-hybridized carbons (Fsp3) is 0.567. The highest BCUT2D eigenvalue weighted by molar-refractivity contribution is 7.97. The van der Waals surface area contributed by atoms with Gasteiger partial charge in [-0.25, -0.2) is 36.5 Å². The van der Waals surface area contributed by atoms with Crippen molar-refractivity contribution in [3.05, 3.63) is 47.7 Å². The van der Waals surface area contributed by atoms with Crippen molar-refractivity contribution in [2.45, 2.75) is 94.3 Å². The van der Waals surface area contributed by atoms with Gasteiger partial charge in [-0.2, -0.15) is 8.78 Å². The fourth-order valence-electron chi connectivity index (χ4n) is 5.49. The summed E-state index contributed by atoms with van der Waals surface area (Å²) in [5.41, 5.74) is -3.02. The van der Waals surface area contributed by atoms with Gasteiger partial charge in [0.2, 0.25) is 0 Å². The second-order valence-electron chi connectivity index (χ2n) is 13.1. The Hall–Kier alpha value is -3.89. The molecule has 0 fully saturated rings. The van der Waals surface area contributed by atoms with Gasteiger partial charge in [-0.1, -0.05) is 0 Å². The molecule has 2 aromatic heterocycles. The summed E-state index contributed by atoms with van der Waals surface area (Å²) in [7, 11) is -3.30. The van der Waals surface area contributed by atoms with Crippen LogP contribution < -0.4 is 15.4 Å². The molecule has 0 radical (unpaired) electrons. The quantitative estimate of drug-likeness (QED) is 0.335. The van der Waals surface area contributed by atoms with Crippen LogP contribution >= 0.6 is 0 Å². The van der Waals surface area contributed by atoms with Crippen molar-refractivity contribution < 1.29 is 45.2 Å². The van der Waals surface area contributed by atoms with E-state index in [9.17, 15) is 31.4 Å². The highest BCUT2D eigenvalue weighted by Gasteiger charge is 2.64. The van der Waals surface area contributed by atoms with E-state index >= 15 is 4.39 Å². The van der Waals surface area contributed by atoms with Crippen molar-refractivity contribution >= 4 is 33.4 Å². The molecule has 17 heteroatoms. The first-order valence-electron chi connectivity index (χ1n) is 14.6. The van der Waals surface area contributed by atoms with Crippen LogP contribution in [0.15, 0.2) is 39.8 Å². The zero-order valence-corrected chi connectivity index (χ0v) is 27.7. The number of amides is 2. The fourth-order valence-corrected chi connectivity index (χ4v) is 9.07. The third-order valence-electron chi connectivity index (χ3n) is 8.21. The molecule has 0 saturated carbocycles. The number of nitrogens with zero attached hydrogens (tertiary/aromatic N) is 4. The second kappa shape index (κ2) is 12.3. The summed E-state index contributed by atoms with van der Waals surface area (Å²) >= 11 is 0. The third-order valence-corrected chi connectivity index (χ3v) is 12.2. The SMILES string of the molecule is CC(C)(C)OC(=O)NC1=N[C@](C)(c2nc(NC(=O)c3ccc(OCC(F)(F)C(F)F)cn3)ccc2F)[C@@]2(C)CCCN=[S@]2(=O)C1(C)C. The van der Waals surface area contributed by atoms with Crippen molar-refractivity contribution in [1.29, 1.82) is 0 Å². The van der Waals surface area contributed by atoms with Gasteiger partial charge in [0, 0.05) is 6.54 Å². The number of hydrogen-bond acceptors (Lipinski definition) is 9. The van der Waals surface area contributed by atoms with Gasteiger partial charge in [0.15, 0.2) is 6.61 Å². The molecule has 47 heavy (non-hydrogen) atoms. The predicted molar refractivity (Wildman–Crippen MR) is 164 cm³/mol. The smallest absolute Gasteiger partial charge is 0.413 e. The summed E-state index contributed by atoms with van der Waals surface area (Å²) in [6, 6.07) is 4.44. The Balaban J connectivity index is 1.70. The first-order chi connectivity index (χ1) is 21.6. The lowest BCUT2D eigenvalue weighted by Crippen LogP contribution is -2.68. The Morgan fingerprint density at radius 2 is 1.74 bits per heavy atom. The van der Waals surface area contributed by atoms with Crippen LogP contribution in [0.1, 0.15) is 77.5 Å². The number of hydrogen-bond donors (Lipinski definition) is 2. The number of amidine groups is 1. The number of pyridine rings is 2. The van der Waals surface area contributed by atoms with Gasteiger partial charge in [-0.05, 0) is 85.6 Å². The number of aliphatic imine (C=N–C) groups is 1. The van der Waals surface area contributed by atoms with Gasteiger partial charge in [0.1, 0.15) is 50.5 Å². The molecular formula is C30H37F5N6O5S. The van der Waals surface area contributed by atoms with Crippen molar-refractivity contribution in [3.8, 4) is 5.75 Å². The lowest BCUT2D eigenvalue weighted by Gasteiger charge is -2.55. The molecule has 0 unspecified atom stereocenters. The molecule has 4 heterocycles. The lowest BCUT2D eigenvalue weighted by molar-refractivity contribution is -0.148. The zero-order chi connectivity index (χ0) is 35.2. The highest BCUT2D eigenvalue weighted by Crippen LogP contribution is 2.54. The van der Waals surface area contributed by atoms with Crippen molar-refractivity contribution in [1.82, 2.24) is 15.3 Å². The van der Waals surface area contributed by atoms with Crippen LogP contribution in [0.25, 0.3) is 0 Å². The molecule has 2 aromatic rings. The van der Waals surface area contributed by atoms with Crippen molar-refractivity contribution in [3.63, 3.8) is 0 Å². The van der Waals surface area contributed by atoms with Gasteiger partial charge >= 0.3 is 18.4 Å². The number of carbonyl (C=O) groups excluding carboxylic acids is 2. The number of anilines is 1. The maximum atomic E-state index is 15.8. The number of halogens is 5. The topological polar surface area (TPSA) is 144 Å². The Morgan fingerprint density at radius 1 is 1.06 bits per heavy atom. The number of alkyl halides is 4. The molecule has 0 bridgehead atoms. The maximum absolute atomic E-state index is 15.8. The molecule has 0 aliphatic carbocycles. The molecule has 11 nitrogen and oxygen atoms in total. The van der Waals surface area contributed by atoms with Crippen molar-refractivity contribution in [2.24, 2.45) is 9.36 Å². The van der Waals surface area contributed by atoms with Gasteiger partial charge in [0.05, 0.1) is 20.7 Å². The maximum Gasteiger partial charge on any atom is 0.413 e. The normalized spacial score (nSPS) is 25.6. The average molecular weight is 689 g/mol. The average Bonchev–Trinajstić information content (AvgIpc) is 2.96. The molecule has 2 aliphatic rings. The van der Waals surface area contributed by atoms with E-state index in [2.05, 4.69) is 29.7 Å². The van der Waals surface area contributed by atoms with E-state index in [0.717, 1.165) is 24.4 Å². The molecule has 2 N–H and O–H groups in total. The number of rotatable bonds is 7. The molecule has 0 spiro atoms. The highest BCUT2D eigenvalue weighted by atomic mass is 32.2. The van der Waals surface area contributed by atoms with Crippen LogP contribution in [0.5, 0.6) is 5.75 Å². The monoisotopic (exact) mass is 688 g/mol. The number of carbonyl (C=O) groups is 2. The largest absolute Gasteiger partial charge is 0.485 e. The van der Waals surface area contributed by atoms with E-state index in [0.29, 0.717) is 12.8 Å². The van der Waals surface area contributed by atoms with Crippen LogP contribution in [0.2, 0.25) is 0 Å². The number of ether oxygens (including phenoxy) is 2. The van der Waals surface area contributed by atoms with E-state index in [4.69, 9.17) is 9.73 Å². The van der Waals surface area contributed by atoms with E-state index in [1.807, 2.05) is 0 Å². The number of nitrogens with one attached hydrogen (secondary N) is 2. The summed E-state index contributed by atoms with van der Waals surface area (Å²) in [5.74, 6) is -6.46. The molecule has 0 aromatic carbocycles. The van der Waals surface area contributed by atoms with E-state index in [1.165, 1.54) is 6.07 Å². The minimum absolute atomic E-state index is 0.0316. The van der Waals surface area contributed by atoms with E-state index in [-0.39, 0.29) is 35.3 Å². The summed E-state index contributed by atoms with van der Waals surface area (Å²) in [4.78, 5) is 38.9. The minimum Gasteiger partial charge on any atom is -0.485 e. The Kier molecular flexibility index (Phi) is 9.40. The number of aromatic nitrogens is 2. The molecule has 2 aliphatic heterocycles. The predicted octanol–water partition coefficient (Wildman–Crippen LogP) is 6.10. The second-order valence-corrected chi connectivity index (χ2v) is 16.3. The minimum atomic E-state index is -4.38. The van der Waals surface area contributed by atoms with Gasteiger partial charge in [0.25, 0.3) is 5.91 Å². The van der Waals surface area contributed by atoms with Crippen molar-refractivity contribution in [2.75, 3.05) is 18.5 Å². The molecule has 3 atom stereocenters. The van der Waals surface area contributed by atoms with Gasteiger partial charge < -0.3 is 14.8 Å². The summed E-state index contributed by atoms with van der Waals surface area (Å²) in [6.07, 6.45) is -3.00. The summed E-state index contributed by atoms with van der Waals surface area (Å²) < 4.78 is 94.0. The number of alkyl carbamates (subject to hydrolysis) is 1. The van der Waals surface area contributed by atoms with E-state index < -0.39 is 67.1 Å². The molecule has 2 amide bonds. The van der Waals surface area contributed by atoms with Crippen LogP contribution in [-0.2, 0) is 20.0 Å². The third kappa shape index (κ3) is 6.63. The molecular weight excluding hydrogens is 651 g/mol. The molecule has 4 rings (SSSR count). The van der Waals surface area contributed by atoms with E-state index in [1.54, 1.807) is 48.5 Å². The summed E-state index contributed by atoms with van der Waals surface area (Å²) in [6.45, 7) is 10.3. The van der Waals surface area contributed by atoms with Gasteiger partial charge in [-0.3, -0.25) is 15.1 Å². The Labute approximate surface area is 269 Å². The molecule has 258 valence electrons. The summed E-state index contributed by atoms with van der Waals surface area (Å²) in [5, 5.41) is 5.09. The Morgan fingerprint density at radius 3 is 2.34 bits per heavy atom. The molecule has 0 saturated heterocycles. The first-order valence-corrected chi connectivity index (χ1v) is 16.1. The lowest BCUT2D eigenvalue weighted by atomic mass is 9.79. The van der Waals surface area contributed by atoms with Crippen LogP contribution in [0.3, 0.4) is 0 Å². The standard InChI is InChI=1S/C30H37F5N6O5S/c1-26(2,3)46-25(43)40-24-27(4,5)47(44)28(6,13-8-14-37-47)29(7,41-24)21-18(31)10-12-20(38-21)39-22(42)19-11-9-17(15-36-19)45-16-30(34,35)23(32)33/h9-12,15,23H,8,13-14,16H2,1-7H3,(H,38,39,42)(H,40,41,43)/t28-,29-,47+/m1/s1. The van der Waals surface area contributed by atoms with Crippen LogP contribution in [-0.4, -0.2) is 72.6 Å². The Bertz CT molecular complexity index is 1710. The number of fused-ring (bicyclic) bond motifs is 1. The first kappa shape index (κ1) is 36.0. The zero-order valence-electron chi connectivity index (χ0n) is 26.9. The van der Waals surface area contributed by atoms with Crippen LogP contribution in [0.4, 0.5) is 32.6 Å².